The van der Waals surface area contributed by atoms with E-state index < -0.39 is 0 Å². The normalized spacial score (nSPS) is 20.5. The van der Waals surface area contributed by atoms with Crippen LogP contribution in [0.5, 0.6) is 5.75 Å². The molecule has 1 aliphatic carbocycles. The summed E-state index contributed by atoms with van der Waals surface area (Å²) in [5.74, 6) is 0.830. The quantitative estimate of drug-likeness (QED) is 0.801. The van der Waals surface area contributed by atoms with Crippen LogP contribution in [0.2, 0.25) is 0 Å². The summed E-state index contributed by atoms with van der Waals surface area (Å²) in [4.78, 5) is 0. The SMILES string of the molecule is CCOc1cc(N)cc(NC2C(C)(C)C2(C)C)c1. The average molecular weight is 248 g/mol. The lowest BCUT2D eigenvalue weighted by atomic mass is 10.0. The predicted octanol–water partition coefficient (Wildman–Crippen LogP) is 3.51. The number of nitrogen functional groups attached to an aromatic ring is 1. The van der Waals surface area contributed by atoms with Crippen molar-refractivity contribution in [3.05, 3.63) is 18.2 Å². The van der Waals surface area contributed by atoms with Crippen LogP contribution < -0.4 is 15.8 Å². The molecule has 0 aliphatic heterocycles. The lowest BCUT2D eigenvalue weighted by molar-refractivity contribution is 0.340. The maximum atomic E-state index is 5.90. The van der Waals surface area contributed by atoms with Gasteiger partial charge in [-0.25, -0.2) is 0 Å². The molecule has 18 heavy (non-hydrogen) atoms. The van der Waals surface area contributed by atoms with E-state index in [2.05, 4.69) is 33.0 Å². The Kier molecular flexibility index (Phi) is 2.96. The second kappa shape index (κ2) is 4.08. The van der Waals surface area contributed by atoms with Crippen LogP contribution in [0.25, 0.3) is 0 Å². The number of nitrogens with two attached hydrogens (primary N) is 1. The molecule has 1 saturated carbocycles. The highest BCUT2D eigenvalue weighted by molar-refractivity contribution is 5.60. The first-order valence-electron chi connectivity index (χ1n) is 6.59. The van der Waals surface area contributed by atoms with E-state index >= 15 is 0 Å². The fourth-order valence-corrected chi connectivity index (χ4v) is 2.68. The van der Waals surface area contributed by atoms with Crippen LogP contribution in [0.3, 0.4) is 0 Å². The maximum absolute atomic E-state index is 5.90. The summed E-state index contributed by atoms with van der Waals surface area (Å²) in [5.41, 5.74) is 8.30. The predicted molar refractivity (Wildman–Crippen MR) is 77.0 cm³/mol. The second-order valence-electron chi connectivity index (χ2n) is 6.24. The fourth-order valence-electron chi connectivity index (χ4n) is 2.68. The van der Waals surface area contributed by atoms with Gasteiger partial charge in [0.2, 0.25) is 0 Å². The van der Waals surface area contributed by atoms with Crippen LogP contribution in [0.1, 0.15) is 34.6 Å². The van der Waals surface area contributed by atoms with Gasteiger partial charge in [-0.15, -0.1) is 0 Å². The van der Waals surface area contributed by atoms with E-state index in [1.807, 2.05) is 25.1 Å². The number of nitrogens with one attached hydrogen (secondary N) is 1. The Hall–Kier alpha value is -1.38. The minimum atomic E-state index is 0.309. The van der Waals surface area contributed by atoms with Crippen molar-refractivity contribution in [3.8, 4) is 5.75 Å². The molecule has 100 valence electrons. The Morgan fingerprint density at radius 1 is 1.17 bits per heavy atom. The molecule has 0 spiro atoms. The van der Waals surface area contributed by atoms with Crippen LogP contribution in [-0.4, -0.2) is 12.6 Å². The molecule has 0 saturated heterocycles. The summed E-state index contributed by atoms with van der Waals surface area (Å²) in [6.45, 7) is 11.8. The molecule has 1 aliphatic rings. The van der Waals surface area contributed by atoms with Crippen LogP contribution in [0.15, 0.2) is 18.2 Å². The van der Waals surface area contributed by atoms with Crippen molar-refractivity contribution >= 4 is 11.4 Å². The van der Waals surface area contributed by atoms with Gasteiger partial charge in [0.25, 0.3) is 0 Å². The van der Waals surface area contributed by atoms with Gasteiger partial charge >= 0.3 is 0 Å². The number of anilines is 2. The molecule has 3 heteroatoms. The molecule has 1 fully saturated rings. The molecule has 0 atom stereocenters. The van der Waals surface area contributed by atoms with Crippen LogP contribution in [0.4, 0.5) is 11.4 Å². The Bertz CT molecular complexity index is 438. The molecular formula is C15H24N2O. The van der Waals surface area contributed by atoms with Gasteiger partial charge < -0.3 is 15.8 Å². The summed E-state index contributed by atoms with van der Waals surface area (Å²) in [7, 11) is 0. The van der Waals surface area contributed by atoms with E-state index in [9.17, 15) is 0 Å². The summed E-state index contributed by atoms with van der Waals surface area (Å²) in [6.07, 6.45) is 0. The van der Waals surface area contributed by atoms with Crippen molar-refractivity contribution in [2.24, 2.45) is 10.8 Å². The summed E-state index contributed by atoms with van der Waals surface area (Å²) in [6, 6.07) is 6.32. The van der Waals surface area contributed by atoms with Gasteiger partial charge in [0, 0.05) is 29.5 Å². The monoisotopic (exact) mass is 248 g/mol. The lowest BCUT2D eigenvalue weighted by Gasteiger charge is -2.12. The highest BCUT2D eigenvalue weighted by Gasteiger charge is 2.64. The van der Waals surface area contributed by atoms with Crippen LogP contribution in [-0.2, 0) is 0 Å². The molecule has 0 amide bonds. The minimum absolute atomic E-state index is 0.309. The Morgan fingerprint density at radius 2 is 1.78 bits per heavy atom. The van der Waals surface area contributed by atoms with Crippen LogP contribution >= 0.6 is 0 Å². The zero-order valence-corrected chi connectivity index (χ0v) is 12.0. The molecule has 3 nitrogen and oxygen atoms in total. The van der Waals surface area contributed by atoms with Gasteiger partial charge in [0.1, 0.15) is 5.75 Å². The van der Waals surface area contributed by atoms with Gasteiger partial charge in [0.05, 0.1) is 6.61 Å². The highest BCUT2D eigenvalue weighted by Crippen LogP contribution is 2.63. The van der Waals surface area contributed by atoms with Crippen molar-refractivity contribution in [1.82, 2.24) is 0 Å². The standard InChI is InChI=1S/C15H24N2O/c1-6-18-12-8-10(16)7-11(9-12)17-13-14(2,3)15(13,4)5/h7-9,13,17H,6,16H2,1-5H3. The topological polar surface area (TPSA) is 47.3 Å². The number of hydrogen-bond donors (Lipinski definition) is 2. The van der Waals surface area contributed by atoms with E-state index in [0.29, 0.717) is 23.5 Å². The van der Waals surface area contributed by atoms with E-state index in [4.69, 9.17) is 10.5 Å². The molecule has 0 aromatic heterocycles. The second-order valence-corrected chi connectivity index (χ2v) is 6.24. The third-order valence-electron chi connectivity index (χ3n) is 4.57. The Balaban J connectivity index is 2.16. The molecule has 1 aromatic rings. The first kappa shape index (κ1) is 13.1. The first-order chi connectivity index (χ1) is 8.29. The zero-order valence-electron chi connectivity index (χ0n) is 12.0. The molecule has 0 heterocycles. The molecule has 3 N–H and O–H groups in total. The average Bonchev–Trinajstić information content (AvgIpc) is 2.60. The van der Waals surface area contributed by atoms with Gasteiger partial charge in [-0.1, -0.05) is 27.7 Å². The van der Waals surface area contributed by atoms with E-state index in [1.54, 1.807) is 0 Å². The molecule has 0 unspecified atom stereocenters. The third kappa shape index (κ3) is 2.02. The molecule has 0 bridgehead atoms. The number of ether oxygens (including phenoxy) is 1. The van der Waals surface area contributed by atoms with E-state index in [0.717, 1.165) is 17.1 Å². The number of hydrogen-bond acceptors (Lipinski definition) is 3. The molecule has 2 rings (SSSR count). The maximum Gasteiger partial charge on any atom is 0.123 e. The zero-order chi connectivity index (χ0) is 13.6. The van der Waals surface area contributed by atoms with Gasteiger partial charge in [-0.2, -0.15) is 0 Å². The van der Waals surface area contributed by atoms with Crippen molar-refractivity contribution in [2.75, 3.05) is 17.7 Å². The van der Waals surface area contributed by atoms with Gasteiger partial charge in [-0.05, 0) is 23.8 Å². The number of benzene rings is 1. The number of rotatable bonds is 4. The van der Waals surface area contributed by atoms with Gasteiger partial charge in [-0.3, -0.25) is 0 Å². The Labute approximate surface area is 110 Å². The summed E-state index contributed by atoms with van der Waals surface area (Å²) >= 11 is 0. The Morgan fingerprint density at radius 3 is 2.28 bits per heavy atom. The highest BCUT2D eigenvalue weighted by atomic mass is 16.5. The van der Waals surface area contributed by atoms with Crippen LogP contribution in [0, 0.1) is 10.8 Å². The fraction of sp³-hybridized carbons (Fsp3) is 0.600. The van der Waals surface area contributed by atoms with Crippen molar-refractivity contribution in [1.29, 1.82) is 0 Å². The van der Waals surface area contributed by atoms with E-state index in [-0.39, 0.29) is 0 Å². The van der Waals surface area contributed by atoms with Crippen molar-refractivity contribution in [3.63, 3.8) is 0 Å². The van der Waals surface area contributed by atoms with E-state index in [1.165, 1.54) is 0 Å². The smallest absolute Gasteiger partial charge is 0.123 e. The molecule has 1 aromatic carbocycles. The molecular weight excluding hydrogens is 224 g/mol. The summed E-state index contributed by atoms with van der Waals surface area (Å²) < 4.78 is 5.51. The minimum Gasteiger partial charge on any atom is -0.494 e. The summed E-state index contributed by atoms with van der Waals surface area (Å²) in [5, 5.41) is 3.58. The van der Waals surface area contributed by atoms with Gasteiger partial charge in [0.15, 0.2) is 0 Å². The molecule has 0 radical (unpaired) electrons. The van der Waals surface area contributed by atoms with Crippen molar-refractivity contribution < 1.29 is 4.74 Å². The van der Waals surface area contributed by atoms with Crippen molar-refractivity contribution in [2.45, 2.75) is 40.7 Å². The lowest BCUT2D eigenvalue weighted by Crippen LogP contribution is -2.10. The third-order valence-corrected chi connectivity index (χ3v) is 4.57. The first-order valence-corrected chi connectivity index (χ1v) is 6.59. The largest absolute Gasteiger partial charge is 0.494 e.